The number of hydrogen-bond donors (Lipinski definition) is 2. The summed E-state index contributed by atoms with van der Waals surface area (Å²) >= 11 is 0. The Kier molecular flexibility index (Phi) is 3.54. The molecule has 90 valence electrons. The minimum Gasteiger partial charge on any atom is -0.369 e. The molecule has 0 radical (unpaired) electrons. The molecule has 0 fully saturated rings. The molecule has 0 spiro atoms. The molecule has 0 aliphatic rings. The zero-order valence-corrected chi connectivity index (χ0v) is 10.0. The molecule has 2 rings (SSSR count). The van der Waals surface area contributed by atoms with Gasteiger partial charge in [0.15, 0.2) is 0 Å². The first kappa shape index (κ1) is 11.4. The van der Waals surface area contributed by atoms with Gasteiger partial charge in [-0.25, -0.2) is 4.98 Å². The van der Waals surface area contributed by atoms with Crippen molar-refractivity contribution in [2.75, 3.05) is 17.2 Å². The lowest BCUT2D eigenvalue weighted by molar-refractivity contribution is 0.720. The Morgan fingerprint density at radius 1 is 1.24 bits per heavy atom. The number of aromatic nitrogens is 4. The molecule has 0 bridgehead atoms. The van der Waals surface area contributed by atoms with Gasteiger partial charge in [-0.05, 0) is 13.0 Å². The van der Waals surface area contributed by atoms with Crippen LogP contribution in [0.3, 0.4) is 0 Å². The Bertz CT molecular complexity index is 478. The van der Waals surface area contributed by atoms with Crippen molar-refractivity contribution in [1.29, 1.82) is 0 Å². The maximum atomic E-state index is 4.38. The summed E-state index contributed by atoms with van der Waals surface area (Å²) < 4.78 is 1.83. The fourth-order valence-corrected chi connectivity index (χ4v) is 1.47. The second kappa shape index (κ2) is 5.29. The van der Waals surface area contributed by atoms with Gasteiger partial charge in [-0.3, -0.25) is 9.67 Å². The first-order chi connectivity index (χ1) is 8.29. The molecule has 0 aliphatic carbocycles. The van der Waals surface area contributed by atoms with Crippen LogP contribution in [0.4, 0.5) is 11.6 Å². The summed E-state index contributed by atoms with van der Waals surface area (Å²) in [6, 6.07) is 1.97. The second-order valence-electron chi connectivity index (χ2n) is 3.62. The average Bonchev–Trinajstić information content (AvgIpc) is 2.73. The highest BCUT2D eigenvalue weighted by atomic mass is 15.3. The molecule has 0 unspecified atom stereocenters. The van der Waals surface area contributed by atoms with E-state index in [9.17, 15) is 0 Å². The van der Waals surface area contributed by atoms with Crippen molar-refractivity contribution in [1.82, 2.24) is 19.7 Å². The van der Waals surface area contributed by atoms with E-state index in [1.165, 1.54) is 0 Å². The van der Waals surface area contributed by atoms with Crippen LogP contribution in [0.2, 0.25) is 0 Å². The molecule has 17 heavy (non-hydrogen) atoms. The smallest absolute Gasteiger partial charge is 0.147 e. The molecular formula is C11H16N6. The molecule has 2 aromatic heterocycles. The van der Waals surface area contributed by atoms with E-state index in [2.05, 4.69) is 25.7 Å². The third kappa shape index (κ3) is 2.93. The predicted octanol–water partition coefficient (Wildman–Crippen LogP) is 1.25. The predicted molar refractivity (Wildman–Crippen MR) is 66.7 cm³/mol. The summed E-state index contributed by atoms with van der Waals surface area (Å²) in [5, 5.41) is 10.4. The molecule has 0 amide bonds. The van der Waals surface area contributed by atoms with E-state index in [1.807, 2.05) is 24.7 Å². The summed E-state index contributed by atoms with van der Waals surface area (Å²) in [7, 11) is 1.91. The number of hydrogen-bond acceptors (Lipinski definition) is 5. The topological polar surface area (TPSA) is 67.7 Å². The van der Waals surface area contributed by atoms with Gasteiger partial charge in [-0.2, -0.15) is 5.10 Å². The third-order valence-corrected chi connectivity index (χ3v) is 2.37. The molecule has 0 aliphatic heterocycles. The highest BCUT2D eigenvalue weighted by molar-refractivity contribution is 5.41. The van der Waals surface area contributed by atoms with Crippen LogP contribution in [0.1, 0.15) is 12.6 Å². The summed E-state index contributed by atoms with van der Waals surface area (Å²) in [4.78, 5) is 8.49. The summed E-state index contributed by atoms with van der Waals surface area (Å²) in [5.74, 6) is 1.53. The van der Waals surface area contributed by atoms with Crippen LogP contribution in [0, 0.1) is 0 Å². The van der Waals surface area contributed by atoms with E-state index < -0.39 is 0 Å². The Hall–Kier alpha value is -2.11. The van der Waals surface area contributed by atoms with Gasteiger partial charge in [0, 0.05) is 19.8 Å². The van der Waals surface area contributed by atoms with Crippen molar-refractivity contribution in [2.45, 2.75) is 13.5 Å². The van der Waals surface area contributed by atoms with Crippen molar-refractivity contribution in [3.05, 3.63) is 30.4 Å². The summed E-state index contributed by atoms with van der Waals surface area (Å²) in [6.07, 6.45) is 5.19. The average molecular weight is 232 g/mol. The molecule has 0 aromatic carbocycles. The van der Waals surface area contributed by atoms with Crippen LogP contribution in [0.15, 0.2) is 24.7 Å². The number of nitrogens with one attached hydrogen (secondary N) is 2. The number of rotatable bonds is 5. The van der Waals surface area contributed by atoms with Gasteiger partial charge in [-0.1, -0.05) is 0 Å². The maximum absolute atomic E-state index is 4.38. The fraction of sp³-hybridized carbons (Fsp3) is 0.364. The molecule has 0 saturated carbocycles. The Labute approximate surface area is 100 Å². The second-order valence-corrected chi connectivity index (χ2v) is 3.62. The first-order valence-electron chi connectivity index (χ1n) is 5.56. The van der Waals surface area contributed by atoms with Crippen molar-refractivity contribution in [2.24, 2.45) is 7.05 Å². The quantitative estimate of drug-likeness (QED) is 0.812. The zero-order chi connectivity index (χ0) is 12.1. The lowest BCUT2D eigenvalue weighted by Gasteiger charge is -2.07. The van der Waals surface area contributed by atoms with Gasteiger partial charge in [0.2, 0.25) is 0 Å². The first-order valence-corrected chi connectivity index (χ1v) is 5.56. The molecule has 2 N–H and O–H groups in total. The van der Waals surface area contributed by atoms with E-state index in [0.717, 1.165) is 23.9 Å². The molecule has 6 heteroatoms. The van der Waals surface area contributed by atoms with Crippen LogP contribution in [0.5, 0.6) is 0 Å². The molecule has 0 saturated heterocycles. The zero-order valence-electron chi connectivity index (χ0n) is 10.0. The van der Waals surface area contributed by atoms with Crippen LogP contribution in [-0.2, 0) is 13.6 Å². The van der Waals surface area contributed by atoms with E-state index in [0.29, 0.717) is 6.54 Å². The van der Waals surface area contributed by atoms with Crippen molar-refractivity contribution >= 4 is 11.6 Å². The van der Waals surface area contributed by atoms with Crippen LogP contribution < -0.4 is 10.6 Å². The summed E-state index contributed by atoms with van der Waals surface area (Å²) in [6.45, 7) is 3.54. The van der Waals surface area contributed by atoms with Gasteiger partial charge >= 0.3 is 0 Å². The normalized spacial score (nSPS) is 10.2. The number of aryl methyl sites for hydroxylation is 1. The largest absolute Gasteiger partial charge is 0.369 e. The van der Waals surface area contributed by atoms with Crippen molar-refractivity contribution < 1.29 is 0 Å². The summed E-state index contributed by atoms with van der Waals surface area (Å²) in [5.41, 5.74) is 1.10. The van der Waals surface area contributed by atoms with Gasteiger partial charge in [0.25, 0.3) is 0 Å². The van der Waals surface area contributed by atoms with Crippen molar-refractivity contribution in [3.63, 3.8) is 0 Å². The highest BCUT2D eigenvalue weighted by Crippen LogP contribution is 2.08. The highest BCUT2D eigenvalue weighted by Gasteiger charge is 2.00. The fourth-order valence-electron chi connectivity index (χ4n) is 1.47. The Morgan fingerprint density at radius 2 is 2.00 bits per heavy atom. The molecule has 0 atom stereocenters. The van der Waals surface area contributed by atoms with Crippen LogP contribution >= 0.6 is 0 Å². The molecule has 6 nitrogen and oxygen atoms in total. The lowest BCUT2D eigenvalue weighted by atomic mass is 10.4. The number of nitrogens with zero attached hydrogens (tertiary/aromatic N) is 4. The maximum Gasteiger partial charge on any atom is 0.147 e. The Balaban J connectivity index is 1.99. The van der Waals surface area contributed by atoms with E-state index >= 15 is 0 Å². The number of anilines is 2. The standard InChI is InChI=1S/C11H16N6/c1-3-13-10-7-12-8-11(16-10)14-6-9-4-5-15-17(9)2/h4-5,7-8H,3,6H2,1-2H3,(H2,13,14,16). The minimum atomic E-state index is 0.681. The van der Waals surface area contributed by atoms with E-state index in [1.54, 1.807) is 18.6 Å². The third-order valence-electron chi connectivity index (χ3n) is 2.37. The molecule has 2 aromatic rings. The van der Waals surface area contributed by atoms with Crippen molar-refractivity contribution in [3.8, 4) is 0 Å². The monoisotopic (exact) mass is 232 g/mol. The van der Waals surface area contributed by atoms with E-state index in [-0.39, 0.29) is 0 Å². The molecular weight excluding hydrogens is 216 g/mol. The minimum absolute atomic E-state index is 0.681. The van der Waals surface area contributed by atoms with Gasteiger partial charge in [0.05, 0.1) is 24.6 Å². The van der Waals surface area contributed by atoms with Crippen LogP contribution in [0.25, 0.3) is 0 Å². The molecule has 2 heterocycles. The van der Waals surface area contributed by atoms with Gasteiger partial charge in [-0.15, -0.1) is 0 Å². The SMILES string of the molecule is CCNc1cncc(NCc2ccnn2C)n1. The van der Waals surface area contributed by atoms with Crippen LogP contribution in [-0.4, -0.2) is 26.3 Å². The van der Waals surface area contributed by atoms with Gasteiger partial charge < -0.3 is 10.6 Å². The van der Waals surface area contributed by atoms with Gasteiger partial charge in [0.1, 0.15) is 11.6 Å². The van der Waals surface area contributed by atoms with E-state index in [4.69, 9.17) is 0 Å². The lowest BCUT2D eigenvalue weighted by Crippen LogP contribution is -2.08. The Morgan fingerprint density at radius 3 is 2.65 bits per heavy atom.